The third-order valence-corrected chi connectivity index (χ3v) is 3.80. The zero-order valence-corrected chi connectivity index (χ0v) is 15.1. The predicted molar refractivity (Wildman–Crippen MR) is 100 cm³/mol. The second-order valence-corrected chi connectivity index (χ2v) is 5.94. The highest BCUT2D eigenvalue weighted by molar-refractivity contribution is 5.98. The molecule has 0 spiro atoms. The van der Waals surface area contributed by atoms with Crippen molar-refractivity contribution in [3.8, 4) is 0 Å². The van der Waals surface area contributed by atoms with Gasteiger partial charge in [-0.05, 0) is 51.0 Å². The van der Waals surface area contributed by atoms with Crippen molar-refractivity contribution in [1.29, 1.82) is 0 Å². The van der Waals surface area contributed by atoms with Gasteiger partial charge in [0.2, 0.25) is 5.91 Å². The molecular weight excluding hydrogens is 316 g/mol. The molecule has 0 radical (unpaired) electrons. The number of nitrogens with one attached hydrogen (secondary N) is 2. The lowest BCUT2D eigenvalue weighted by molar-refractivity contribution is -0.114. The molecule has 5 nitrogen and oxygen atoms in total. The van der Waals surface area contributed by atoms with Crippen LogP contribution in [0.3, 0.4) is 0 Å². The minimum atomic E-state index is -0.406. The van der Waals surface area contributed by atoms with Crippen molar-refractivity contribution >= 4 is 23.3 Å². The number of amides is 1. The molecule has 25 heavy (non-hydrogen) atoms. The molecule has 0 aliphatic rings. The van der Waals surface area contributed by atoms with Gasteiger partial charge in [0.05, 0.1) is 18.7 Å². The first-order valence-electron chi connectivity index (χ1n) is 8.30. The summed E-state index contributed by atoms with van der Waals surface area (Å²) in [6, 6.07) is 11.1. The average Bonchev–Trinajstić information content (AvgIpc) is 2.56. The molecule has 0 bridgehead atoms. The average molecular weight is 340 g/mol. The summed E-state index contributed by atoms with van der Waals surface area (Å²) in [5.41, 5.74) is 5.04. The largest absolute Gasteiger partial charge is 0.462 e. The molecule has 0 atom stereocenters. The van der Waals surface area contributed by atoms with E-state index in [-0.39, 0.29) is 12.5 Å². The SMILES string of the molecule is CCOC(=O)c1ccccc1NCC(=O)Nc1c(C)cc(C)cc1C. The Morgan fingerprint density at radius 3 is 2.32 bits per heavy atom. The molecule has 2 aromatic rings. The topological polar surface area (TPSA) is 67.4 Å². The summed E-state index contributed by atoms with van der Waals surface area (Å²) in [6.07, 6.45) is 0. The van der Waals surface area contributed by atoms with Crippen LogP contribution in [0.5, 0.6) is 0 Å². The van der Waals surface area contributed by atoms with E-state index >= 15 is 0 Å². The van der Waals surface area contributed by atoms with Crippen LogP contribution in [0, 0.1) is 20.8 Å². The van der Waals surface area contributed by atoms with Crippen LogP contribution < -0.4 is 10.6 Å². The van der Waals surface area contributed by atoms with Crippen molar-refractivity contribution in [3.05, 3.63) is 58.7 Å². The van der Waals surface area contributed by atoms with Gasteiger partial charge in [0, 0.05) is 11.4 Å². The summed E-state index contributed by atoms with van der Waals surface area (Å²) in [5, 5.41) is 5.94. The molecular formula is C20H24N2O3. The normalized spacial score (nSPS) is 10.2. The molecule has 5 heteroatoms. The first-order valence-corrected chi connectivity index (χ1v) is 8.30. The van der Waals surface area contributed by atoms with Gasteiger partial charge in [0.25, 0.3) is 0 Å². The fraction of sp³-hybridized carbons (Fsp3) is 0.300. The third kappa shape index (κ3) is 4.83. The number of hydrogen-bond acceptors (Lipinski definition) is 4. The molecule has 0 fully saturated rings. The summed E-state index contributed by atoms with van der Waals surface area (Å²) in [6.45, 7) is 8.09. The number of esters is 1. The lowest BCUT2D eigenvalue weighted by Gasteiger charge is -2.14. The summed E-state index contributed by atoms with van der Waals surface area (Å²) in [4.78, 5) is 24.3. The van der Waals surface area contributed by atoms with Gasteiger partial charge in [-0.3, -0.25) is 4.79 Å². The van der Waals surface area contributed by atoms with E-state index in [2.05, 4.69) is 10.6 Å². The minimum absolute atomic E-state index is 0.0587. The Kier molecular flexibility index (Phi) is 6.17. The van der Waals surface area contributed by atoms with Crippen LogP contribution in [0.15, 0.2) is 36.4 Å². The maximum absolute atomic E-state index is 12.3. The molecule has 2 N–H and O–H groups in total. The van der Waals surface area contributed by atoms with Gasteiger partial charge in [0.1, 0.15) is 0 Å². The zero-order chi connectivity index (χ0) is 18.4. The lowest BCUT2D eigenvalue weighted by Crippen LogP contribution is -2.23. The maximum Gasteiger partial charge on any atom is 0.340 e. The van der Waals surface area contributed by atoms with Gasteiger partial charge in [-0.1, -0.05) is 29.8 Å². The highest BCUT2D eigenvalue weighted by Crippen LogP contribution is 2.22. The first kappa shape index (κ1) is 18.5. The van der Waals surface area contributed by atoms with Crippen molar-refractivity contribution in [2.24, 2.45) is 0 Å². The fourth-order valence-corrected chi connectivity index (χ4v) is 2.76. The summed E-state index contributed by atoms with van der Waals surface area (Å²) >= 11 is 0. The number of aryl methyl sites for hydroxylation is 3. The van der Waals surface area contributed by atoms with Crippen molar-refractivity contribution in [2.45, 2.75) is 27.7 Å². The maximum atomic E-state index is 12.3. The van der Waals surface area contributed by atoms with E-state index in [0.717, 1.165) is 22.4 Å². The molecule has 0 unspecified atom stereocenters. The number of hydrogen-bond donors (Lipinski definition) is 2. The molecule has 0 saturated heterocycles. The summed E-state index contributed by atoms with van der Waals surface area (Å²) < 4.78 is 5.03. The third-order valence-electron chi connectivity index (χ3n) is 3.80. The van der Waals surface area contributed by atoms with E-state index in [1.807, 2.05) is 32.9 Å². The Morgan fingerprint density at radius 2 is 1.68 bits per heavy atom. The van der Waals surface area contributed by atoms with Gasteiger partial charge in [-0.25, -0.2) is 4.79 Å². The molecule has 0 saturated carbocycles. The highest BCUT2D eigenvalue weighted by atomic mass is 16.5. The molecule has 0 aromatic heterocycles. The van der Waals surface area contributed by atoms with E-state index in [1.165, 1.54) is 0 Å². The van der Waals surface area contributed by atoms with E-state index in [9.17, 15) is 9.59 Å². The van der Waals surface area contributed by atoms with Gasteiger partial charge in [-0.15, -0.1) is 0 Å². The van der Waals surface area contributed by atoms with Crippen LogP contribution >= 0.6 is 0 Å². The van der Waals surface area contributed by atoms with Crippen molar-refractivity contribution in [2.75, 3.05) is 23.8 Å². The predicted octanol–water partition coefficient (Wildman–Crippen LogP) is 3.84. The molecule has 0 aliphatic carbocycles. The van der Waals surface area contributed by atoms with Gasteiger partial charge in [-0.2, -0.15) is 0 Å². The molecule has 1 amide bonds. The number of carbonyl (C=O) groups excluding carboxylic acids is 2. The Balaban J connectivity index is 2.05. The first-order chi connectivity index (χ1) is 11.9. The highest BCUT2D eigenvalue weighted by Gasteiger charge is 2.13. The number of carbonyl (C=O) groups is 2. The number of rotatable bonds is 6. The molecule has 0 aliphatic heterocycles. The van der Waals surface area contributed by atoms with E-state index in [0.29, 0.717) is 17.9 Å². The molecule has 132 valence electrons. The standard InChI is InChI=1S/C20H24N2O3/c1-5-25-20(24)16-8-6-7-9-17(16)21-12-18(23)22-19-14(3)10-13(2)11-15(19)4/h6-11,21H,5,12H2,1-4H3,(H,22,23). The number of anilines is 2. The molecule has 0 heterocycles. The monoisotopic (exact) mass is 340 g/mol. The second-order valence-electron chi connectivity index (χ2n) is 5.94. The zero-order valence-electron chi connectivity index (χ0n) is 15.1. The van der Waals surface area contributed by atoms with Crippen LogP contribution in [0.4, 0.5) is 11.4 Å². The van der Waals surface area contributed by atoms with E-state index < -0.39 is 5.97 Å². The van der Waals surface area contributed by atoms with Gasteiger partial charge < -0.3 is 15.4 Å². The second kappa shape index (κ2) is 8.33. The van der Waals surface area contributed by atoms with Crippen molar-refractivity contribution in [1.82, 2.24) is 0 Å². The van der Waals surface area contributed by atoms with Crippen LogP contribution in [-0.2, 0) is 9.53 Å². The Bertz CT molecular complexity index is 761. The van der Waals surface area contributed by atoms with E-state index in [1.54, 1.807) is 31.2 Å². The van der Waals surface area contributed by atoms with Gasteiger partial charge in [0.15, 0.2) is 0 Å². The summed E-state index contributed by atoms with van der Waals surface area (Å²) in [7, 11) is 0. The number of ether oxygens (including phenoxy) is 1. The Morgan fingerprint density at radius 1 is 1.04 bits per heavy atom. The number of benzene rings is 2. The van der Waals surface area contributed by atoms with Crippen molar-refractivity contribution < 1.29 is 14.3 Å². The van der Waals surface area contributed by atoms with Crippen LogP contribution in [0.2, 0.25) is 0 Å². The molecule has 2 aromatic carbocycles. The van der Waals surface area contributed by atoms with Crippen molar-refractivity contribution in [3.63, 3.8) is 0 Å². The quantitative estimate of drug-likeness (QED) is 0.784. The smallest absolute Gasteiger partial charge is 0.340 e. The summed E-state index contributed by atoms with van der Waals surface area (Å²) in [5.74, 6) is -0.579. The molecule has 2 rings (SSSR count). The van der Waals surface area contributed by atoms with Crippen LogP contribution in [-0.4, -0.2) is 25.0 Å². The van der Waals surface area contributed by atoms with Gasteiger partial charge >= 0.3 is 5.97 Å². The minimum Gasteiger partial charge on any atom is -0.462 e. The lowest BCUT2D eigenvalue weighted by atomic mass is 10.1. The fourth-order valence-electron chi connectivity index (χ4n) is 2.76. The Hall–Kier alpha value is -2.82. The Labute approximate surface area is 148 Å². The van der Waals surface area contributed by atoms with Crippen LogP contribution in [0.25, 0.3) is 0 Å². The van der Waals surface area contributed by atoms with E-state index in [4.69, 9.17) is 4.74 Å². The van der Waals surface area contributed by atoms with Crippen LogP contribution in [0.1, 0.15) is 34.0 Å². The number of para-hydroxylation sites is 1.